The maximum Gasteiger partial charge on any atom is 0.363 e. The van der Waals surface area contributed by atoms with Gasteiger partial charge in [0.25, 0.3) is 0 Å². The summed E-state index contributed by atoms with van der Waals surface area (Å²) in [5, 5.41) is 2.08. The normalized spacial score (nSPS) is 21.8. The Morgan fingerprint density at radius 3 is 2.48 bits per heavy atom. The van der Waals surface area contributed by atoms with E-state index in [1.807, 2.05) is 48.5 Å². The Balaban J connectivity index is 1.41. The van der Waals surface area contributed by atoms with E-state index in [0.29, 0.717) is 17.6 Å². The van der Waals surface area contributed by atoms with Crippen LogP contribution in [0.2, 0.25) is 0 Å². The van der Waals surface area contributed by atoms with Crippen molar-refractivity contribution in [1.82, 2.24) is 0 Å². The van der Waals surface area contributed by atoms with Crippen molar-refractivity contribution in [3.63, 3.8) is 0 Å². The summed E-state index contributed by atoms with van der Waals surface area (Å²) in [4.78, 5) is 17.2. The van der Waals surface area contributed by atoms with Gasteiger partial charge in [0.2, 0.25) is 5.90 Å². The lowest BCUT2D eigenvalue weighted by atomic mass is 9.78. The van der Waals surface area contributed by atoms with E-state index in [1.165, 1.54) is 37.7 Å². The van der Waals surface area contributed by atoms with E-state index >= 15 is 0 Å². The second-order valence-electron chi connectivity index (χ2n) is 8.99. The number of rotatable bonds is 5. The largest absolute Gasteiger partial charge is 0.496 e. The van der Waals surface area contributed by atoms with Gasteiger partial charge in [0, 0.05) is 11.1 Å². The SMILES string of the molecule is CCC1CCC(c2ccc(C3=NC(=Cc4c(OC)ccc5ccccc45)C(=O)O3)cc2)CC1. The number of hydrogen-bond donors (Lipinski definition) is 0. The van der Waals surface area contributed by atoms with Gasteiger partial charge in [0.05, 0.1) is 7.11 Å². The molecule has 33 heavy (non-hydrogen) atoms. The molecule has 1 aliphatic heterocycles. The molecule has 2 aliphatic rings. The zero-order valence-electron chi connectivity index (χ0n) is 19.2. The van der Waals surface area contributed by atoms with Gasteiger partial charge in [-0.05, 0) is 78.1 Å². The molecular weight excluding hydrogens is 410 g/mol. The number of cyclic esters (lactones) is 1. The molecule has 1 heterocycles. The molecule has 0 saturated heterocycles. The number of ether oxygens (including phenoxy) is 2. The van der Waals surface area contributed by atoms with E-state index < -0.39 is 5.97 Å². The quantitative estimate of drug-likeness (QED) is 0.322. The third kappa shape index (κ3) is 4.30. The molecule has 0 bridgehead atoms. The molecule has 1 aliphatic carbocycles. The van der Waals surface area contributed by atoms with Crippen LogP contribution in [0.4, 0.5) is 0 Å². The Labute approximate surface area is 194 Å². The lowest BCUT2D eigenvalue weighted by molar-refractivity contribution is -0.129. The Bertz CT molecular complexity index is 1230. The highest BCUT2D eigenvalue weighted by molar-refractivity contribution is 6.13. The van der Waals surface area contributed by atoms with Crippen LogP contribution in [-0.2, 0) is 9.53 Å². The van der Waals surface area contributed by atoms with Gasteiger partial charge >= 0.3 is 5.97 Å². The second kappa shape index (κ2) is 9.22. The minimum absolute atomic E-state index is 0.279. The molecule has 0 radical (unpaired) electrons. The molecule has 1 fully saturated rings. The van der Waals surface area contributed by atoms with Crippen molar-refractivity contribution in [2.45, 2.75) is 44.9 Å². The van der Waals surface area contributed by atoms with Crippen molar-refractivity contribution in [2.24, 2.45) is 10.9 Å². The van der Waals surface area contributed by atoms with E-state index in [1.54, 1.807) is 13.2 Å². The van der Waals surface area contributed by atoms with Gasteiger partial charge in [0.1, 0.15) is 5.75 Å². The fraction of sp³-hybridized carbons (Fsp3) is 0.310. The zero-order valence-corrected chi connectivity index (χ0v) is 19.2. The minimum Gasteiger partial charge on any atom is -0.496 e. The van der Waals surface area contributed by atoms with Crippen molar-refractivity contribution < 1.29 is 14.3 Å². The summed E-state index contributed by atoms with van der Waals surface area (Å²) >= 11 is 0. The monoisotopic (exact) mass is 439 g/mol. The first-order chi connectivity index (χ1) is 16.2. The van der Waals surface area contributed by atoms with Gasteiger partial charge < -0.3 is 9.47 Å². The van der Waals surface area contributed by atoms with Crippen molar-refractivity contribution in [3.8, 4) is 5.75 Å². The minimum atomic E-state index is -0.443. The fourth-order valence-corrected chi connectivity index (χ4v) is 5.07. The lowest BCUT2D eigenvalue weighted by Gasteiger charge is -2.28. The Morgan fingerprint density at radius 1 is 1.00 bits per heavy atom. The first-order valence-electron chi connectivity index (χ1n) is 11.8. The third-order valence-electron chi connectivity index (χ3n) is 7.11. The van der Waals surface area contributed by atoms with E-state index in [0.717, 1.165) is 27.8 Å². The maximum absolute atomic E-state index is 12.6. The molecule has 0 unspecified atom stereocenters. The number of hydrogen-bond acceptors (Lipinski definition) is 4. The number of methoxy groups -OCH3 is 1. The predicted molar refractivity (Wildman–Crippen MR) is 133 cm³/mol. The third-order valence-corrected chi connectivity index (χ3v) is 7.11. The van der Waals surface area contributed by atoms with Crippen molar-refractivity contribution >= 4 is 28.7 Å². The molecule has 0 N–H and O–H groups in total. The van der Waals surface area contributed by atoms with Crippen LogP contribution in [0.25, 0.3) is 16.8 Å². The summed E-state index contributed by atoms with van der Waals surface area (Å²) in [6.07, 6.45) is 8.20. The highest BCUT2D eigenvalue weighted by Gasteiger charge is 2.26. The predicted octanol–water partition coefficient (Wildman–Crippen LogP) is 6.88. The highest BCUT2D eigenvalue weighted by atomic mass is 16.6. The summed E-state index contributed by atoms with van der Waals surface area (Å²) in [7, 11) is 1.63. The van der Waals surface area contributed by atoms with Crippen LogP contribution in [-0.4, -0.2) is 19.0 Å². The van der Waals surface area contributed by atoms with Crippen molar-refractivity contribution in [2.75, 3.05) is 7.11 Å². The average molecular weight is 440 g/mol. The molecule has 4 heteroatoms. The van der Waals surface area contributed by atoms with Crippen LogP contribution in [0.1, 0.15) is 61.6 Å². The molecule has 0 atom stereocenters. The van der Waals surface area contributed by atoms with Crippen LogP contribution < -0.4 is 4.74 Å². The molecule has 168 valence electrons. The summed E-state index contributed by atoms with van der Waals surface area (Å²) in [5.74, 6) is 2.12. The number of fused-ring (bicyclic) bond motifs is 1. The van der Waals surface area contributed by atoms with E-state index in [4.69, 9.17) is 9.47 Å². The Morgan fingerprint density at radius 2 is 1.76 bits per heavy atom. The summed E-state index contributed by atoms with van der Waals surface area (Å²) < 4.78 is 11.1. The van der Waals surface area contributed by atoms with Crippen molar-refractivity contribution in [1.29, 1.82) is 0 Å². The molecule has 5 rings (SSSR count). The van der Waals surface area contributed by atoms with Gasteiger partial charge in [-0.3, -0.25) is 0 Å². The molecular formula is C29H29NO3. The molecule has 0 amide bonds. The maximum atomic E-state index is 12.6. The van der Waals surface area contributed by atoms with Crippen LogP contribution in [0.5, 0.6) is 5.75 Å². The second-order valence-corrected chi connectivity index (χ2v) is 8.99. The molecule has 0 spiro atoms. The fourth-order valence-electron chi connectivity index (χ4n) is 5.07. The van der Waals surface area contributed by atoms with Crippen LogP contribution in [0.15, 0.2) is 71.4 Å². The molecule has 1 saturated carbocycles. The topological polar surface area (TPSA) is 47.9 Å². The van der Waals surface area contributed by atoms with E-state index in [-0.39, 0.29) is 5.70 Å². The van der Waals surface area contributed by atoms with Crippen LogP contribution in [0.3, 0.4) is 0 Å². The van der Waals surface area contributed by atoms with Crippen LogP contribution in [0, 0.1) is 5.92 Å². The van der Waals surface area contributed by atoms with Crippen LogP contribution >= 0.6 is 0 Å². The number of esters is 1. The van der Waals surface area contributed by atoms with E-state index in [2.05, 4.69) is 24.0 Å². The molecule has 4 nitrogen and oxygen atoms in total. The number of nitrogens with zero attached hydrogens (tertiary/aromatic N) is 1. The van der Waals surface area contributed by atoms with Gasteiger partial charge in [-0.25, -0.2) is 9.79 Å². The summed E-state index contributed by atoms with van der Waals surface area (Å²) in [6, 6.07) is 20.3. The van der Waals surface area contributed by atoms with Gasteiger partial charge in [0.15, 0.2) is 5.70 Å². The standard InChI is InChI=1S/C29H29NO3/c1-3-19-8-10-20(11-9-19)21-12-14-23(15-13-21)28-30-26(29(31)33-28)18-25-24-7-5-4-6-22(24)16-17-27(25)32-2/h4-7,12-20H,3,8-11H2,1-2H3. The lowest BCUT2D eigenvalue weighted by Crippen LogP contribution is -2.13. The van der Waals surface area contributed by atoms with E-state index in [9.17, 15) is 4.79 Å². The highest BCUT2D eigenvalue weighted by Crippen LogP contribution is 2.37. The van der Waals surface area contributed by atoms with Gasteiger partial charge in [-0.1, -0.05) is 55.8 Å². The first-order valence-corrected chi connectivity index (χ1v) is 11.8. The Kier molecular flexibility index (Phi) is 5.99. The molecule has 3 aromatic carbocycles. The smallest absolute Gasteiger partial charge is 0.363 e. The molecule has 0 aromatic heterocycles. The molecule has 3 aromatic rings. The average Bonchev–Trinajstić information content (AvgIpc) is 3.24. The van der Waals surface area contributed by atoms with Gasteiger partial charge in [-0.2, -0.15) is 0 Å². The summed E-state index contributed by atoms with van der Waals surface area (Å²) in [5.41, 5.74) is 3.30. The zero-order chi connectivity index (χ0) is 22.8. The first kappa shape index (κ1) is 21.4. The number of carbonyl (C=O) groups excluding carboxylic acids is 1. The number of benzene rings is 3. The Hall–Kier alpha value is -3.40. The number of carbonyl (C=O) groups is 1. The van der Waals surface area contributed by atoms with Gasteiger partial charge in [-0.15, -0.1) is 0 Å². The number of aliphatic imine (C=N–C) groups is 1. The summed E-state index contributed by atoms with van der Waals surface area (Å²) in [6.45, 7) is 2.29. The van der Waals surface area contributed by atoms with Crippen molar-refractivity contribution in [3.05, 3.63) is 83.1 Å².